The van der Waals surface area contributed by atoms with Crippen molar-refractivity contribution < 1.29 is 13.6 Å². The molecular weight excluding hydrogens is 372 g/mol. The SMILES string of the molecule is CCCC(CCCc1c(F)cc(C#N)cc1F)C(=O)N1CCCN(C(C)C)CC1. The Morgan fingerprint density at radius 3 is 2.41 bits per heavy atom. The van der Waals surface area contributed by atoms with Gasteiger partial charge in [-0.1, -0.05) is 13.3 Å². The minimum atomic E-state index is -0.679. The molecule has 1 amide bonds. The quantitative estimate of drug-likeness (QED) is 0.639. The Labute approximate surface area is 173 Å². The van der Waals surface area contributed by atoms with E-state index in [0.29, 0.717) is 18.9 Å². The maximum absolute atomic E-state index is 14.1. The molecule has 0 aliphatic carbocycles. The minimum absolute atomic E-state index is 0.00838. The first-order chi connectivity index (χ1) is 13.9. The number of halogens is 2. The molecule has 6 heteroatoms. The fourth-order valence-electron chi connectivity index (χ4n) is 4.10. The van der Waals surface area contributed by atoms with Crippen LogP contribution in [-0.2, 0) is 11.2 Å². The van der Waals surface area contributed by atoms with E-state index in [1.165, 1.54) is 0 Å². The Kier molecular flexibility index (Phi) is 9.03. The lowest BCUT2D eigenvalue weighted by molar-refractivity contribution is -0.136. The maximum atomic E-state index is 14.1. The van der Waals surface area contributed by atoms with Gasteiger partial charge in [0, 0.05) is 43.7 Å². The molecule has 0 radical (unpaired) electrons. The van der Waals surface area contributed by atoms with Gasteiger partial charge in [-0.05, 0) is 58.1 Å². The van der Waals surface area contributed by atoms with Gasteiger partial charge in [0.15, 0.2) is 0 Å². The lowest BCUT2D eigenvalue weighted by Crippen LogP contribution is -2.40. The van der Waals surface area contributed by atoms with Gasteiger partial charge in [0.25, 0.3) is 0 Å². The Morgan fingerprint density at radius 2 is 1.83 bits per heavy atom. The van der Waals surface area contributed by atoms with Gasteiger partial charge in [0.05, 0.1) is 11.6 Å². The lowest BCUT2D eigenvalue weighted by atomic mass is 9.93. The highest BCUT2D eigenvalue weighted by molar-refractivity contribution is 5.78. The van der Waals surface area contributed by atoms with Gasteiger partial charge in [0.1, 0.15) is 11.6 Å². The van der Waals surface area contributed by atoms with Gasteiger partial charge in [0.2, 0.25) is 5.91 Å². The topological polar surface area (TPSA) is 47.3 Å². The largest absolute Gasteiger partial charge is 0.341 e. The molecule has 0 bridgehead atoms. The molecule has 0 N–H and O–H groups in total. The van der Waals surface area contributed by atoms with E-state index in [1.807, 2.05) is 4.90 Å². The third-order valence-electron chi connectivity index (χ3n) is 5.81. The van der Waals surface area contributed by atoms with Crippen molar-refractivity contribution in [2.24, 2.45) is 5.92 Å². The van der Waals surface area contributed by atoms with Crippen molar-refractivity contribution >= 4 is 5.91 Å². The van der Waals surface area contributed by atoms with Crippen LogP contribution in [0.4, 0.5) is 8.78 Å². The first-order valence-corrected chi connectivity index (χ1v) is 10.8. The molecule has 1 aromatic carbocycles. The number of hydrogen-bond donors (Lipinski definition) is 0. The van der Waals surface area contributed by atoms with Gasteiger partial charge < -0.3 is 4.90 Å². The number of carbonyl (C=O) groups is 1. The van der Waals surface area contributed by atoms with Crippen LogP contribution in [0.2, 0.25) is 0 Å². The third-order valence-corrected chi connectivity index (χ3v) is 5.81. The van der Waals surface area contributed by atoms with E-state index in [0.717, 1.165) is 57.6 Å². The fraction of sp³-hybridized carbons (Fsp3) is 0.652. The summed E-state index contributed by atoms with van der Waals surface area (Å²) in [5.41, 5.74) is -0.00608. The number of carbonyl (C=O) groups excluding carboxylic acids is 1. The summed E-state index contributed by atoms with van der Waals surface area (Å²) in [6.45, 7) is 9.85. The maximum Gasteiger partial charge on any atom is 0.225 e. The minimum Gasteiger partial charge on any atom is -0.341 e. The van der Waals surface area contributed by atoms with Gasteiger partial charge >= 0.3 is 0 Å². The number of nitriles is 1. The Bertz CT molecular complexity index is 706. The van der Waals surface area contributed by atoms with Gasteiger partial charge in [-0.25, -0.2) is 8.78 Å². The molecule has 4 nitrogen and oxygen atoms in total. The zero-order chi connectivity index (χ0) is 21.4. The predicted octanol–water partition coefficient (Wildman–Crippen LogP) is 4.52. The average Bonchev–Trinajstić information content (AvgIpc) is 2.95. The van der Waals surface area contributed by atoms with E-state index in [-0.39, 0.29) is 29.4 Å². The highest BCUT2D eigenvalue weighted by Crippen LogP contribution is 2.22. The van der Waals surface area contributed by atoms with Crippen LogP contribution in [0.3, 0.4) is 0 Å². The molecular formula is C23H33F2N3O. The van der Waals surface area contributed by atoms with Crippen LogP contribution in [0.1, 0.15) is 64.0 Å². The van der Waals surface area contributed by atoms with Crippen LogP contribution >= 0.6 is 0 Å². The second kappa shape index (κ2) is 11.3. The van der Waals surface area contributed by atoms with Crippen molar-refractivity contribution in [3.05, 3.63) is 34.9 Å². The molecule has 1 heterocycles. The van der Waals surface area contributed by atoms with E-state index >= 15 is 0 Å². The Balaban J connectivity index is 1.96. The Hall–Kier alpha value is -2.00. The first kappa shape index (κ1) is 23.3. The summed E-state index contributed by atoms with van der Waals surface area (Å²) in [5.74, 6) is -1.28. The molecule has 1 aliphatic rings. The van der Waals surface area contributed by atoms with Gasteiger partial charge in [-0.3, -0.25) is 9.69 Å². The molecule has 1 unspecified atom stereocenters. The number of benzene rings is 1. The number of hydrogen-bond acceptors (Lipinski definition) is 3. The second-order valence-electron chi connectivity index (χ2n) is 8.22. The molecule has 0 aromatic heterocycles. The van der Waals surface area contributed by atoms with Crippen molar-refractivity contribution in [3.8, 4) is 6.07 Å². The van der Waals surface area contributed by atoms with E-state index in [4.69, 9.17) is 5.26 Å². The molecule has 1 fully saturated rings. The summed E-state index contributed by atoms with van der Waals surface area (Å²) in [6, 6.07) is 4.39. The standard InChI is InChI=1S/C23H33F2N3O/c1-4-7-19(23(29)28-11-6-10-27(12-13-28)17(2)3)8-5-9-20-21(24)14-18(16-26)15-22(20)25/h14-15,17,19H,4-13H2,1-3H3. The van der Waals surface area contributed by atoms with Crippen LogP contribution in [0, 0.1) is 28.9 Å². The highest BCUT2D eigenvalue weighted by atomic mass is 19.1. The third kappa shape index (κ3) is 6.50. The van der Waals surface area contributed by atoms with E-state index in [2.05, 4.69) is 25.7 Å². The molecule has 1 atom stereocenters. The van der Waals surface area contributed by atoms with Crippen LogP contribution in [0.5, 0.6) is 0 Å². The zero-order valence-corrected chi connectivity index (χ0v) is 17.9. The van der Waals surface area contributed by atoms with E-state index in [1.54, 1.807) is 6.07 Å². The lowest BCUT2D eigenvalue weighted by Gasteiger charge is -2.27. The van der Waals surface area contributed by atoms with Crippen molar-refractivity contribution in [1.82, 2.24) is 9.80 Å². The summed E-state index contributed by atoms with van der Waals surface area (Å²) >= 11 is 0. The molecule has 160 valence electrons. The Morgan fingerprint density at radius 1 is 1.14 bits per heavy atom. The summed E-state index contributed by atoms with van der Waals surface area (Å²) < 4.78 is 28.2. The molecule has 2 rings (SSSR count). The second-order valence-corrected chi connectivity index (χ2v) is 8.22. The van der Waals surface area contributed by atoms with Gasteiger partial charge in [-0.2, -0.15) is 5.26 Å². The molecule has 1 aromatic rings. The summed E-state index contributed by atoms with van der Waals surface area (Å²) in [6.07, 6.45) is 4.07. The van der Waals surface area contributed by atoms with Crippen LogP contribution in [0.25, 0.3) is 0 Å². The summed E-state index contributed by atoms with van der Waals surface area (Å²) in [7, 11) is 0. The van der Waals surface area contributed by atoms with Gasteiger partial charge in [-0.15, -0.1) is 0 Å². The molecule has 1 saturated heterocycles. The summed E-state index contributed by atoms with van der Waals surface area (Å²) in [4.78, 5) is 17.5. The molecule has 29 heavy (non-hydrogen) atoms. The van der Waals surface area contributed by atoms with E-state index in [9.17, 15) is 13.6 Å². The molecule has 0 spiro atoms. The van der Waals surface area contributed by atoms with Crippen LogP contribution < -0.4 is 0 Å². The summed E-state index contributed by atoms with van der Waals surface area (Å²) in [5, 5.41) is 8.81. The van der Waals surface area contributed by atoms with E-state index < -0.39 is 11.6 Å². The van der Waals surface area contributed by atoms with Crippen molar-refractivity contribution in [3.63, 3.8) is 0 Å². The van der Waals surface area contributed by atoms with Crippen molar-refractivity contribution in [1.29, 1.82) is 5.26 Å². The zero-order valence-electron chi connectivity index (χ0n) is 17.9. The molecule has 1 aliphatic heterocycles. The van der Waals surface area contributed by atoms with Crippen molar-refractivity contribution in [2.75, 3.05) is 26.2 Å². The van der Waals surface area contributed by atoms with Crippen LogP contribution in [0.15, 0.2) is 12.1 Å². The smallest absolute Gasteiger partial charge is 0.225 e. The molecule has 0 saturated carbocycles. The normalized spacial score (nSPS) is 16.5. The number of rotatable bonds is 8. The number of nitrogens with zero attached hydrogens (tertiary/aromatic N) is 3. The highest BCUT2D eigenvalue weighted by Gasteiger charge is 2.26. The monoisotopic (exact) mass is 405 g/mol. The predicted molar refractivity (Wildman–Crippen MR) is 110 cm³/mol. The first-order valence-electron chi connectivity index (χ1n) is 10.8. The van der Waals surface area contributed by atoms with Crippen LogP contribution in [-0.4, -0.2) is 47.9 Å². The number of amides is 1. The fourth-order valence-corrected chi connectivity index (χ4v) is 4.10. The van der Waals surface area contributed by atoms with Crippen molar-refractivity contribution in [2.45, 2.75) is 65.3 Å². The average molecular weight is 406 g/mol.